The zero-order chi connectivity index (χ0) is 18.7. The Balaban J connectivity index is 0.000000443. The number of aryl methyl sites for hydroxylation is 2. The molecule has 0 unspecified atom stereocenters. The van der Waals surface area contributed by atoms with Crippen molar-refractivity contribution in [2.45, 2.75) is 23.6 Å². The van der Waals surface area contributed by atoms with Crippen LogP contribution in [-0.4, -0.2) is 36.2 Å². The van der Waals surface area contributed by atoms with Crippen LogP contribution in [0.15, 0.2) is 46.2 Å². The van der Waals surface area contributed by atoms with Crippen molar-refractivity contribution in [3.05, 3.63) is 47.5 Å². The molecule has 2 aromatic carbocycles. The van der Waals surface area contributed by atoms with E-state index >= 15 is 0 Å². The normalized spacial score (nSPS) is 11.0. The molecule has 0 bridgehead atoms. The number of hydrogen-bond acceptors (Lipinski definition) is 8. The van der Waals surface area contributed by atoms with E-state index in [-0.39, 0.29) is 27.3 Å². The molecule has 0 aliphatic rings. The van der Waals surface area contributed by atoms with Crippen molar-refractivity contribution < 1.29 is 63.5 Å². The van der Waals surface area contributed by atoms with Crippen LogP contribution in [0.3, 0.4) is 0 Å². The smallest absolute Gasteiger partial charge is 0.744 e. The zero-order valence-corrected chi connectivity index (χ0v) is 19.0. The summed E-state index contributed by atoms with van der Waals surface area (Å²) in [5, 5.41) is 18.3. The third-order valence-electron chi connectivity index (χ3n) is 2.94. The molecule has 0 aliphatic heterocycles. The van der Waals surface area contributed by atoms with Crippen molar-refractivity contribution in [1.82, 2.24) is 0 Å². The average Bonchev–Trinajstić information content (AvgIpc) is 2.43. The Morgan fingerprint density at radius 2 is 1.00 bits per heavy atom. The van der Waals surface area contributed by atoms with Gasteiger partial charge in [-0.2, -0.15) is 0 Å². The molecule has 0 amide bonds. The van der Waals surface area contributed by atoms with Crippen LogP contribution in [0.5, 0.6) is 11.5 Å². The maximum atomic E-state index is 10.5. The number of rotatable bonds is 2. The third-order valence-corrected chi connectivity index (χ3v) is 4.68. The number of phenolic OH excluding ortho intramolecular Hbond substituents is 2. The molecule has 0 radical (unpaired) electrons. The van der Waals surface area contributed by atoms with Crippen LogP contribution in [0.2, 0.25) is 0 Å². The van der Waals surface area contributed by atoms with Gasteiger partial charge in [0.15, 0.2) is 0 Å². The van der Waals surface area contributed by atoms with Gasteiger partial charge in [0.2, 0.25) is 0 Å². The van der Waals surface area contributed by atoms with E-state index in [1.807, 2.05) is 0 Å². The molecule has 0 aliphatic carbocycles. The molecular weight excluding hydrogens is 473 g/mol. The van der Waals surface area contributed by atoms with E-state index in [0.29, 0.717) is 11.1 Å². The van der Waals surface area contributed by atoms with Crippen LogP contribution >= 0.6 is 0 Å². The molecule has 2 rings (SSSR count). The minimum absolute atomic E-state index is 0. The third kappa shape index (κ3) is 6.54. The average molecular weight is 487 g/mol. The Bertz CT molecular complexity index is 873. The molecular formula is C14H14CdO8S2. The van der Waals surface area contributed by atoms with Crippen LogP contribution in [0, 0.1) is 13.8 Å². The van der Waals surface area contributed by atoms with Crippen LogP contribution in [0.25, 0.3) is 0 Å². The van der Waals surface area contributed by atoms with Gasteiger partial charge in [-0.15, -0.1) is 0 Å². The van der Waals surface area contributed by atoms with E-state index in [1.165, 1.54) is 38.1 Å². The van der Waals surface area contributed by atoms with Crippen molar-refractivity contribution in [1.29, 1.82) is 0 Å². The van der Waals surface area contributed by atoms with E-state index in [0.717, 1.165) is 12.1 Å². The first-order valence-corrected chi connectivity index (χ1v) is 9.16. The molecule has 0 aromatic heterocycles. The van der Waals surface area contributed by atoms with Crippen LogP contribution in [0.4, 0.5) is 0 Å². The van der Waals surface area contributed by atoms with Gasteiger partial charge in [-0.1, -0.05) is 24.3 Å². The van der Waals surface area contributed by atoms with E-state index in [4.69, 9.17) is 10.2 Å². The van der Waals surface area contributed by atoms with Gasteiger partial charge >= 0.3 is 27.3 Å². The molecule has 132 valence electrons. The van der Waals surface area contributed by atoms with Gasteiger partial charge in [-0.25, -0.2) is 16.8 Å². The maximum absolute atomic E-state index is 10.5. The number of phenols is 2. The first kappa shape index (κ1) is 23.8. The maximum Gasteiger partial charge on any atom is 2.00 e. The summed E-state index contributed by atoms with van der Waals surface area (Å²) < 4.78 is 62.9. The second-order valence-corrected chi connectivity index (χ2v) is 7.45. The Morgan fingerprint density at radius 3 is 1.20 bits per heavy atom. The quantitative estimate of drug-likeness (QED) is 0.474. The van der Waals surface area contributed by atoms with Crippen molar-refractivity contribution in [3.63, 3.8) is 0 Å². The summed E-state index contributed by atoms with van der Waals surface area (Å²) in [6.07, 6.45) is 0. The van der Waals surface area contributed by atoms with E-state index in [1.54, 1.807) is 0 Å². The fourth-order valence-electron chi connectivity index (χ4n) is 1.67. The zero-order valence-electron chi connectivity index (χ0n) is 13.3. The van der Waals surface area contributed by atoms with E-state index in [9.17, 15) is 25.9 Å². The largest absolute Gasteiger partial charge is 2.00 e. The van der Waals surface area contributed by atoms with Gasteiger partial charge in [0.1, 0.15) is 31.7 Å². The Labute approximate surface area is 165 Å². The molecule has 25 heavy (non-hydrogen) atoms. The molecule has 11 heteroatoms. The fraction of sp³-hybridized carbons (Fsp3) is 0.143. The fourth-order valence-corrected chi connectivity index (χ4v) is 2.95. The summed E-state index contributed by atoms with van der Waals surface area (Å²) in [6, 6.07) is 7.99. The Morgan fingerprint density at radius 1 is 0.720 bits per heavy atom. The molecule has 0 atom stereocenters. The second-order valence-electron chi connectivity index (χ2n) is 4.75. The Hall–Kier alpha value is -1.22. The van der Waals surface area contributed by atoms with Gasteiger partial charge in [-0.05, 0) is 37.1 Å². The topological polar surface area (TPSA) is 155 Å². The molecule has 8 nitrogen and oxygen atoms in total. The van der Waals surface area contributed by atoms with Gasteiger partial charge < -0.3 is 19.3 Å². The Kier molecular flexibility index (Phi) is 8.50. The monoisotopic (exact) mass is 488 g/mol. The first-order valence-electron chi connectivity index (χ1n) is 6.34. The minimum Gasteiger partial charge on any atom is -0.744 e. The molecule has 0 saturated heterocycles. The van der Waals surface area contributed by atoms with Crippen molar-refractivity contribution >= 4 is 20.2 Å². The standard InChI is InChI=1S/2C7H8O4S.Cd/c2*1-5-3-2-4-6(7(5)8)12(9,10)11;/h2*2-4,8H,1H3,(H,9,10,11);/q;;+2/p-2. The number of aromatic hydroxyl groups is 2. The molecule has 2 aromatic rings. The number of para-hydroxylation sites is 2. The summed E-state index contributed by atoms with van der Waals surface area (Å²) in [5.74, 6) is -0.931. The van der Waals surface area contributed by atoms with Crippen molar-refractivity contribution in [2.75, 3.05) is 0 Å². The van der Waals surface area contributed by atoms with Crippen LogP contribution in [0.1, 0.15) is 11.1 Å². The predicted octanol–water partition coefficient (Wildman–Crippen LogP) is 1.21. The molecule has 0 heterocycles. The SMILES string of the molecule is Cc1cccc(S(=O)(=O)[O-])c1O.Cc1cccc(S(=O)(=O)[O-])c1O.[Cd+2]. The molecule has 0 saturated carbocycles. The second kappa shape index (κ2) is 8.93. The van der Waals surface area contributed by atoms with Gasteiger partial charge in [0, 0.05) is 0 Å². The molecule has 0 spiro atoms. The van der Waals surface area contributed by atoms with Crippen LogP contribution in [-0.2, 0) is 47.5 Å². The van der Waals surface area contributed by atoms with E-state index < -0.39 is 41.5 Å². The number of hydrogen-bond donors (Lipinski definition) is 2. The van der Waals surface area contributed by atoms with Crippen molar-refractivity contribution in [2.24, 2.45) is 0 Å². The van der Waals surface area contributed by atoms with Gasteiger partial charge in [0.05, 0.1) is 9.79 Å². The van der Waals surface area contributed by atoms with Gasteiger partial charge in [-0.3, -0.25) is 0 Å². The molecule has 0 fully saturated rings. The summed E-state index contributed by atoms with van der Waals surface area (Å²) in [5.41, 5.74) is 0.735. The number of benzene rings is 2. The van der Waals surface area contributed by atoms with Crippen LogP contribution < -0.4 is 0 Å². The summed E-state index contributed by atoms with van der Waals surface area (Å²) >= 11 is 0. The summed E-state index contributed by atoms with van der Waals surface area (Å²) in [4.78, 5) is -1.13. The first-order chi connectivity index (χ1) is 10.9. The summed E-state index contributed by atoms with van der Waals surface area (Å²) in [7, 11) is -9.11. The van der Waals surface area contributed by atoms with Gasteiger partial charge in [0.25, 0.3) is 0 Å². The summed E-state index contributed by atoms with van der Waals surface area (Å²) in [6.45, 7) is 3.04. The van der Waals surface area contributed by atoms with Crippen molar-refractivity contribution in [3.8, 4) is 11.5 Å². The molecule has 2 N–H and O–H groups in total. The van der Waals surface area contributed by atoms with E-state index in [2.05, 4.69) is 0 Å². The minimum atomic E-state index is -4.56. The predicted molar refractivity (Wildman–Crippen MR) is 81.6 cm³/mol.